The molecule has 1 aliphatic rings. The van der Waals surface area contributed by atoms with Crippen LogP contribution >= 0.6 is 15.9 Å². The van der Waals surface area contributed by atoms with E-state index in [9.17, 15) is 5.11 Å². The minimum atomic E-state index is -0.483. The van der Waals surface area contributed by atoms with E-state index in [1.807, 2.05) is 6.07 Å². The van der Waals surface area contributed by atoms with Gasteiger partial charge in [0.2, 0.25) is 0 Å². The van der Waals surface area contributed by atoms with Crippen molar-refractivity contribution in [2.45, 2.75) is 63.9 Å². The Kier molecular flexibility index (Phi) is 5.47. The molecule has 2 atom stereocenters. The minimum Gasteiger partial charge on any atom is -0.390 e. The fraction of sp³-hybridized carbons (Fsp3) is 0.647. The first-order valence-electron chi connectivity index (χ1n) is 7.58. The zero-order chi connectivity index (χ0) is 13.7. The molecule has 0 spiro atoms. The fourth-order valence-corrected chi connectivity index (χ4v) is 3.81. The van der Waals surface area contributed by atoms with Crippen LogP contribution in [0.25, 0.3) is 0 Å². The molecular formula is C17H25BrO. The third kappa shape index (κ3) is 4.61. The van der Waals surface area contributed by atoms with E-state index in [-0.39, 0.29) is 0 Å². The Morgan fingerprint density at radius 1 is 1.32 bits per heavy atom. The first kappa shape index (κ1) is 15.1. The molecular weight excluding hydrogens is 300 g/mol. The maximum atomic E-state index is 10.9. The van der Waals surface area contributed by atoms with E-state index in [0.29, 0.717) is 0 Å². The van der Waals surface area contributed by atoms with Crippen molar-refractivity contribution in [1.29, 1.82) is 0 Å². The monoisotopic (exact) mass is 324 g/mol. The van der Waals surface area contributed by atoms with Crippen molar-refractivity contribution in [3.63, 3.8) is 0 Å². The van der Waals surface area contributed by atoms with Crippen LogP contribution in [0.5, 0.6) is 0 Å². The van der Waals surface area contributed by atoms with Crippen molar-refractivity contribution < 1.29 is 5.11 Å². The van der Waals surface area contributed by atoms with Gasteiger partial charge in [-0.05, 0) is 42.9 Å². The molecule has 0 heterocycles. The van der Waals surface area contributed by atoms with Gasteiger partial charge in [-0.3, -0.25) is 0 Å². The summed E-state index contributed by atoms with van der Waals surface area (Å²) in [5.41, 5.74) is 0.759. The quantitative estimate of drug-likeness (QED) is 0.763. The van der Waals surface area contributed by atoms with E-state index in [4.69, 9.17) is 0 Å². The Balaban J connectivity index is 1.98. The van der Waals surface area contributed by atoms with Gasteiger partial charge in [0, 0.05) is 10.9 Å². The third-order valence-corrected chi connectivity index (χ3v) is 4.88. The van der Waals surface area contributed by atoms with Gasteiger partial charge in [0.15, 0.2) is 0 Å². The molecule has 0 radical (unpaired) electrons. The summed E-state index contributed by atoms with van der Waals surface area (Å²) in [5.74, 6) is 0.835. The van der Waals surface area contributed by atoms with Crippen LogP contribution < -0.4 is 0 Å². The Hall–Kier alpha value is -0.340. The van der Waals surface area contributed by atoms with Crippen LogP contribution in [-0.4, -0.2) is 10.7 Å². The van der Waals surface area contributed by atoms with E-state index in [1.165, 1.54) is 37.7 Å². The van der Waals surface area contributed by atoms with E-state index < -0.39 is 5.60 Å². The largest absolute Gasteiger partial charge is 0.390 e. The zero-order valence-electron chi connectivity index (χ0n) is 11.9. The highest BCUT2D eigenvalue weighted by Crippen LogP contribution is 2.34. The lowest BCUT2D eigenvalue weighted by molar-refractivity contribution is 0.0241. The third-order valence-electron chi connectivity index (χ3n) is 4.39. The average Bonchev–Trinajstić information content (AvgIpc) is 2.53. The van der Waals surface area contributed by atoms with Crippen LogP contribution in [-0.2, 0) is 6.42 Å². The van der Waals surface area contributed by atoms with Gasteiger partial charge in [0.05, 0.1) is 5.60 Å². The molecule has 1 N–H and O–H groups in total. The average molecular weight is 325 g/mol. The molecule has 0 aliphatic heterocycles. The molecule has 0 amide bonds. The van der Waals surface area contributed by atoms with Crippen LogP contribution in [0.2, 0.25) is 0 Å². The second-order valence-electron chi connectivity index (χ2n) is 6.12. The van der Waals surface area contributed by atoms with Crippen molar-refractivity contribution in [2.75, 3.05) is 0 Å². The van der Waals surface area contributed by atoms with Gasteiger partial charge in [-0.2, -0.15) is 0 Å². The standard InChI is InChI=1S/C17H25BrO/c1-2-5-14-7-4-10-17(19,11-9-14)13-15-6-3-8-16(18)12-15/h3,6,8,12,14,19H,2,4-5,7,9-11,13H2,1H3. The lowest BCUT2D eigenvalue weighted by atomic mass is 9.87. The number of aliphatic hydroxyl groups is 1. The first-order chi connectivity index (χ1) is 9.11. The van der Waals surface area contributed by atoms with Crippen molar-refractivity contribution in [1.82, 2.24) is 0 Å². The summed E-state index contributed by atoms with van der Waals surface area (Å²) in [6, 6.07) is 8.35. The molecule has 2 heteroatoms. The highest BCUT2D eigenvalue weighted by Gasteiger charge is 2.30. The summed E-state index contributed by atoms with van der Waals surface area (Å²) < 4.78 is 1.10. The molecule has 1 nitrogen and oxygen atoms in total. The summed E-state index contributed by atoms with van der Waals surface area (Å²) >= 11 is 3.51. The minimum absolute atomic E-state index is 0.483. The van der Waals surface area contributed by atoms with Crippen LogP contribution in [0.3, 0.4) is 0 Å². The summed E-state index contributed by atoms with van der Waals surface area (Å²) in [7, 11) is 0. The van der Waals surface area contributed by atoms with Crippen LogP contribution in [0, 0.1) is 5.92 Å². The lowest BCUT2D eigenvalue weighted by Gasteiger charge is -2.27. The van der Waals surface area contributed by atoms with Gasteiger partial charge in [-0.1, -0.05) is 60.7 Å². The molecule has 1 aliphatic carbocycles. The molecule has 0 bridgehead atoms. The molecule has 2 rings (SSSR count). The van der Waals surface area contributed by atoms with Gasteiger partial charge in [0.1, 0.15) is 0 Å². The second-order valence-corrected chi connectivity index (χ2v) is 7.03. The predicted molar refractivity (Wildman–Crippen MR) is 84.3 cm³/mol. The van der Waals surface area contributed by atoms with E-state index >= 15 is 0 Å². The van der Waals surface area contributed by atoms with Crippen molar-refractivity contribution in [2.24, 2.45) is 5.92 Å². The molecule has 1 aromatic rings. The summed E-state index contributed by atoms with van der Waals surface area (Å²) in [6.45, 7) is 2.26. The van der Waals surface area contributed by atoms with E-state index in [0.717, 1.165) is 29.7 Å². The topological polar surface area (TPSA) is 20.2 Å². The van der Waals surface area contributed by atoms with Gasteiger partial charge in [0.25, 0.3) is 0 Å². The molecule has 1 saturated carbocycles. The predicted octanol–water partition coefficient (Wildman–Crippen LogP) is 5.10. The van der Waals surface area contributed by atoms with E-state index in [1.54, 1.807) is 0 Å². The maximum Gasteiger partial charge on any atom is 0.0688 e. The number of benzene rings is 1. The second kappa shape index (κ2) is 6.90. The molecule has 19 heavy (non-hydrogen) atoms. The number of rotatable bonds is 4. The van der Waals surface area contributed by atoms with Gasteiger partial charge < -0.3 is 5.11 Å². The van der Waals surface area contributed by atoms with Crippen LogP contribution in [0.15, 0.2) is 28.7 Å². The van der Waals surface area contributed by atoms with Gasteiger partial charge in [-0.15, -0.1) is 0 Å². The zero-order valence-corrected chi connectivity index (χ0v) is 13.5. The fourth-order valence-electron chi connectivity index (χ4n) is 3.36. The molecule has 1 aromatic carbocycles. The number of hydrogen-bond donors (Lipinski definition) is 1. The first-order valence-corrected chi connectivity index (χ1v) is 8.37. The van der Waals surface area contributed by atoms with Crippen LogP contribution in [0.1, 0.15) is 57.4 Å². The molecule has 0 aromatic heterocycles. The highest BCUT2D eigenvalue weighted by molar-refractivity contribution is 9.10. The Labute approximate surface area is 125 Å². The normalized spacial score (nSPS) is 28.1. The lowest BCUT2D eigenvalue weighted by Crippen LogP contribution is -2.30. The van der Waals surface area contributed by atoms with E-state index in [2.05, 4.69) is 41.1 Å². The van der Waals surface area contributed by atoms with Crippen molar-refractivity contribution in [3.8, 4) is 0 Å². The molecule has 2 unspecified atom stereocenters. The Morgan fingerprint density at radius 2 is 2.16 bits per heavy atom. The van der Waals surface area contributed by atoms with Crippen molar-refractivity contribution in [3.05, 3.63) is 34.3 Å². The van der Waals surface area contributed by atoms with Gasteiger partial charge >= 0.3 is 0 Å². The summed E-state index contributed by atoms with van der Waals surface area (Å²) in [4.78, 5) is 0. The van der Waals surface area contributed by atoms with Crippen LogP contribution in [0.4, 0.5) is 0 Å². The summed E-state index contributed by atoms with van der Waals surface area (Å²) in [6.07, 6.45) is 8.99. The smallest absolute Gasteiger partial charge is 0.0688 e. The maximum absolute atomic E-state index is 10.9. The SMILES string of the molecule is CCCC1CCCC(O)(Cc2cccc(Br)c2)CC1. The molecule has 0 saturated heterocycles. The van der Waals surface area contributed by atoms with Gasteiger partial charge in [-0.25, -0.2) is 0 Å². The molecule has 106 valence electrons. The highest BCUT2D eigenvalue weighted by atomic mass is 79.9. The van der Waals surface area contributed by atoms with Crippen molar-refractivity contribution >= 4 is 15.9 Å². The Bertz CT molecular complexity index is 404. The summed E-state index contributed by atoms with van der Waals surface area (Å²) in [5, 5.41) is 10.9. The Morgan fingerprint density at radius 3 is 2.89 bits per heavy atom. The number of hydrogen-bond acceptors (Lipinski definition) is 1. The molecule has 1 fully saturated rings. The number of halogens is 1.